The van der Waals surface area contributed by atoms with Crippen LogP contribution in [0.15, 0.2) is 18.2 Å². The number of halogens is 3. The van der Waals surface area contributed by atoms with Gasteiger partial charge in [-0.25, -0.2) is 0 Å². The van der Waals surface area contributed by atoms with Crippen LogP contribution in [-0.4, -0.2) is 31.3 Å². The average Bonchev–Trinajstić information content (AvgIpc) is 2.48. The molecule has 1 fully saturated rings. The summed E-state index contributed by atoms with van der Waals surface area (Å²) in [6.07, 6.45) is 2.22. The first-order valence-electron chi connectivity index (χ1n) is 7.48. The molecule has 0 spiro atoms. The molecular formula is C16H23Cl3N2OS. The predicted molar refractivity (Wildman–Crippen MR) is 103 cm³/mol. The molecule has 1 aliphatic heterocycles. The lowest BCUT2D eigenvalue weighted by molar-refractivity contribution is -0.119. The number of thioether (sulfide) groups is 1. The minimum Gasteiger partial charge on any atom is -0.355 e. The van der Waals surface area contributed by atoms with Crippen LogP contribution in [0, 0.1) is 5.41 Å². The van der Waals surface area contributed by atoms with E-state index in [0.717, 1.165) is 38.0 Å². The SMILES string of the molecule is CC1(CNC(=O)CSCc2ccc(Cl)cc2Cl)CCNCC1.Cl. The van der Waals surface area contributed by atoms with Crippen molar-refractivity contribution in [3.8, 4) is 0 Å². The zero-order valence-electron chi connectivity index (χ0n) is 13.2. The van der Waals surface area contributed by atoms with Gasteiger partial charge in [0.25, 0.3) is 0 Å². The number of hydrogen-bond acceptors (Lipinski definition) is 3. The Morgan fingerprint density at radius 3 is 2.70 bits per heavy atom. The Hall–Kier alpha value is -0.130. The van der Waals surface area contributed by atoms with Gasteiger partial charge < -0.3 is 10.6 Å². The molecule has 1 aromatic rings. The highest BCUT2D eigenvalue weighted by atomic mass is 35.5. The van der Waals surface area contributed by atoms with Crippen molar-refractivity contribution in [2.24, 2.45) is 5.41 Å². The third-order valence-corrected chi connectivity index (χ3v) is 5.60. The standard InChI is InChI=1S/C16H22Cl2N2OS.ClH/c1-16(4-6-19-7-5-16)11-20-15(21)10-22-9-12-2-3-13(17)8-14(12)18;/h2-3,8,19H,4-7,9-11H2,1H3,(H,20,21);1H. The molecule has 1 amide bonds. The number of benzene rings is 1. The van der Waals surface area contributed by atoms with E-state index in [1.807, 2.05) is 12.1 Å². The third kappa shape index (κ3) is 7.10. The second-order valence-electron chi connectivity index (χ2n) is 6.07. The number of piperidine rings is 1. The fraction of sp³-hybridized carbons (Fsp3) is 0.562. The predicted octanol–water partition coefficient (Wildman–Crippen LogP) is 4.15. The Kier molecular flexibility index (Phi) is 9.09. The molecule has 1 aromatic carbocycles. The average molecular weight is 398 g/mol. The number of carbonyl (C=O) groups excluding carboxylic acids is 1. The second-order valence-corrected chi connectivity index (χ2v) is 7.90. The van der Waals surface area contributed by atoms with E-state index in [4.69, 9.17) is 23.2 Å². The minimum atomic E-state index is 0. The van der Waals surface area contributed by atoms with Gasteiger partial charge in [0, 0.05) is 22.3 Å². The smallest absolute Gasteiger partial charge is 0.230 e. The van der Waals surface area contributed by atoms with Crippen LogP contribution in [0.25, 0.3) is 0 Å². The van der Waals surface area contributed by atoms with Crippen molar-refractivity contribution in [1.29, 1.82) is 0 Å². The normalized spacial score (nSPS) is 16.5. The fourth-order valence-electron chi connectivity index (χ4n) is 2.46. The molecule has 0 aliphatic carbocycles. The largest absolute Gasteiger partial charge is 0.355 e. The van der Waals surface area contributed by atoms with Crippen molar-refractivity contribution in [2.75, 3.05) is 25.4 Å². The van der Waals surface area contributed by atoms with E-state index in [1.165, 1.54) is 0 Å². The van der Waals surface area contributed by atoms with Gasteiger partial charge in [0.2, 0.25) is 5.91 Å². The quantitative estimate of drug-likeness (QED) is 0.757. The maximum atomic E-state index is 12.0. The van der Waals surface area contributed by atoms with Gasteiger partial charge in [-0.15, -0.1) is 24.2 Å². The molecule has 0 atom stereocenters. The molecule has 130 valence electrons. The Balaban J connectivity index is 0.00000264. The topological polar surface area (TPSA) is 41.1 Å². The first-order chi connectivity index (χ1) is 10.5. The zero-order chi connectivity index (χ0) is 16.0. The van der Waals surface area contributed by atoms with E-state index in [9.17, 15) is 4.79 Å². The van der Waals surface area contributed by atoms with Gasteiger partial charge in [-0.05, 0) is 49.0 Å². The highest BCUT2D eigenvalue weighted by Crippen LogP contribution is 2.27. The first kappa shape index (κ1) is 20.9. The van der Waals surface area contributed by atoms with Crippen LogP contribution in [0.1, 0.15) is 25.3 Å². The number of hydrogen-bond donors (Lipinski definition) is 2. The van der Waals surface area contributed by atoms with Crippen molar-refractivity contribution >= 4 is 53.3 Å². The molecule has 1 saturated heterocycles. The lowest BCUT2D eigenvalue weighted by Gasteiger charge is -2.34. The van der Waals surface area contributed by atoms with E-state index < -0.39 is 0 Å². The summed E-state index contributed by atoms with van der Waals surface area (Å²) in [5, 5.41) is 7.70. The van der Waals surface area contributed by atoms with Crippen LogP contribution in [-0.2, 0) is 10.5 Å². The highest BCUT2D eigenvalue weighted by molar-refractivity contribution is 7.99. The molecule has 3 nitrogen and oxygen atoms in total. The molecular weight excluding hydrogens is 375 g/mol. The van der Waals surface area contributed by atoms with E-state index in [-0.39, 0.29) is 23.7 Å². The van der Waals surface area contributed by atoms with Gasteiger partial charge in [0.15, 0.2) is 0 Å². The molecule has 0 aromatic heterocycles. The second kappa shape index (κ2) is 10.00. The summed E-state index contributed by atoms with van der Waals surface area (Å²) in [5.74, 6) is 1.26. The third-order valence-electron chi connectivity index (χ3n) is 4.03. The van der Waals surface area contributed by atoms with Gasteiger partial charge in [-0.1, -0.05) is 36.2 Å². The Morgan fingerprint density at radius 1 is 1.35 bits per heavy atom. The van der Waals surface area contributed by atoms with Crippen molar-refractivity contribution in [3.63, 3.8) is 0 Å². The molecule has 0 bridgehead atoms. The molecule has 7 heteroatoms. The molecule has 0 unspecified atom stereocenters. The molecule has 0 radical (unpaired) electrons. The summed E-state index contributed by atoms with van der Waals surface area (Å²) in [4.78, 5) is 12.0. The molecule has 1 aliphatic rings. The van der Waals surface area contributed by atoms with Crippen LogP contribution < -0.4 is 10.6 Å². The van der Waals surface area contributed by atoms with Crippen LogP contribution in [0.5, 0.6) is 0 Å². The van der Waals surface area contributed by atoms with Gasteiger partial charge in [0.05, 0.1) is 5.75 Å². The maximum absolute atomic E-state index is 12.0. The summed E-state index contributed by atoms with van der Waals surface area (Å²) >= 11 is 13.6. The Bertz CT molecular complexity index is 522. The van der Waals surface area contributed by atoms with Gasteiger partial charge >= 0.3 is 0 Å². The molecule has 2 N–H and O–H groups in total. The van der Waals surface area contributed by atoms with E-state index in [2.05, 4.69) is 17.6 Å². The zero-order valence-corrected chi connectivity index (χ0v) is 16.3. The first-order valence-corrected chi connectivity index (χ1v) is 9.39. The van der Waals surface area contributed by atoms with Crippen LogP contribution in [0.3, 0.4) is 0 Å². The molecule has 2 rings (SSSR count). The van der Waals surface area contributed by atoms with Gasteiger partial charge in [-0.3, -0.25) is 4.79 Å². The van der Waals surface area contributed by atoms with Crippen molar-refractivity contribution in [1.82, 2.24) is 10.6 Å². The number of rotatable bonds is 6. The highest BCUT2D eigenvalue weighted by Gasteiger charge is 2.26. The van der Waals surface area contributed by atoms with E-state index in [1.54, 1.807) is 17.8 Å². The monoisotopic (exact) mass is 396 g/mol. The van der Waals surface area contributed by atoms with Crippen molar-refractivity contribution in [3.05, 3.63) is 33.8 Å². The Labute approximate surface area is 158 Å². The number of nitrogens with one attached hydrogen (secondary N) is 2. The van der Waals surface area contributed by atoms with Crippen molar-refractivity contribution < 1.29 is 4.79 Å². The lowest BCUT2D eigenvalue weighted by Crippen LogP contribution is -2.43. The molecule has 1 heterocycles. The van der Waals surface area contributed by atoms with Crippen LogP contribution in [0.4, 0.5) is 0 Å². The summed E-state index contributed by atoms with van der Waals surface area (Å²) in [5.41, 5.74) is 1.24. The summed E-state index contributed by atoms with van der Waals surface area (Å²) in [6.45, 7) is 5.08. The maximum Gasteiger partial charge on any atom is 0.230 e. The van der Waals surface area contributed by atoms with Crippen molar-refractivity contribution in [2.45, 2.75) is 25.5 Å². The minimum absolute atomic E-state index is 0. The number of amides is 1. The van der Waals surface area contributed by atoms with Gasteiger partial charge in [0.1, 0.15) is 0 Å². The molecule has 0 saturated carbocycles. The van der Waals surface area contributed by atoms with E-state index in [0.29, 0.717) is 21.6 Å². The fourth-order valence-corrected chi connectivity index (χ4v) is 3.88. The summed E-state index contributed by atoms with van der Waals surface area (Å²) in [7, 11) is 0. The van der Waals surface area contributed by atoms with E-state index >= 15 is 0 Å². The molecule has 23 heavy (non-hydrogen) atoms. The van der Waals surface area contributed by atoms with Crippen LogP contribution >= 0.6 is 47.4 Å². The van der Waals surface area contributed by atoms with Gasteiger partial charge in [-0.2, -0.15) is 0 Å². The summed E-state index contributed by atoms with van der Waals surface area (Å²) in [6, 6.07) is 5.46. The number of carbonyl (C=O) groups is 1. The lowest BCUT2D eigenvalue weighted by atomic mass is 9.81. The Morgan fingerprint density at radius 2 is 2.04 bits per heavy atom. The van der Waals surface area contributed by atoms with Crippen LogP contribution in [0.2, 0.25) is 10.0 Å². The summed E-state index contributed by atoms with van der Waals surface area (Å²) < 4.78 is 0.